The van der Waals surface area contributed by atoms with E-state index in [9.17, 15) is 0 Å². The molecular formula is C12H25NS. The Bertz CT molecular complexity index is 147. The molecule has 0 aromatic carbocycles. The van der Waals surface area contributed by atoms with Crippen molar-refractivity contribution < 1.29 is 0 Å². The van der Waals surface area contributed by atoms with Gasteiger partial charge >= 0.3 is 0 Å². The predicted octanol–water partition coefficient (Wildman–Crippen LogP) is 3.30. The second-order valence-corrected chi connectivity index (χ2v) is 6.00. The van der Waals surface area contributed by atoms with Crippen LogP contribution in [0.1, 0.15) is 46.0 Å². The maximum Gasteiger partial charge on any atom is 0.00779 e. The minimum atomic E-state index is 0.819. The van der Waals surface area contributed by atoms with Crippen LogP contribution in [0.2, 0.25) is 0 Å². The van der Waals surface area contributed by atoms with Crippen LogP contribution in [0.5, 0.6) is 0 Å². The van der Waals surface area contributed by atoms with Crippen molar-refractivity contribution in [1.82, 2.24) is 5.32 Å². The van der Waals surface area contributed by atoms with Gasteiger partial charge in [-0.1, -0.05) is 13.8 Å². The van der Waals surface area contributed by atoms with Crippen LogP contribution in [-0.4, -0.2) is 24.1 Å². The van der Waals surface area contributed by atoms with E-state index < -0.39 is 0 Å². The number of hydrogen-bond acceptors (Lipinski definition) is 2. The van der Waals surface area contributed by atoms with E-state index in [0.717, 1.165) is 17.2 Å². The molecular weight excluding hydrogens is 190 g/mol. The molecule has 1 saturated carbocycles. The largest absolute Gasteiger partial charge is 0.314 e. The van der Waals surface area contributed by atoms with Crippen molar-refractivity contribution in [3.05, 3.63) is 0 Å². The molecule has 2 heteroatoms. The Kier molecular flexibility index (Phi) is 5.95. The number of rotatable bonds is 6. The van der Waals surface area contributed by atoms with Gasteiger partial charge in [0.05, 0.1) is 0 Å². The molecule has 84 valence electrons. The summed E-state index contributed by atoms with van der Waals surface area (Å²) in [5, 5.41) is 4.62. The Balaban J connectivity index is 1.97. The lowest BCUT2D eigenvalue weighted by Crippen LogP contribution is -2.27. The summed E-state index contributed by atoms with van der Waals surface area (Å²) in [6, 6.07) is 0.819. The Labute approximate surface area is 93.4 Å². The van der Waals surface area contributed by atoms with Crippen LogP contribution in [0.3, 0.4) is 0 Å². The van der Waals surface area contributed by atoms with E-state index in [1.165, 1.54) is 38.6 Å². The fraction of sp³-hybridized carbons (Fsp3) is 1.00. The monoisotopic (exact) mass is 215 g/mol. The van der Waals surface area contributed by atoms with Gasteiger partial charge in [-0.2, -0.15) is 11.8 Å². The highest BCUT2D eigenvalue weighted by Gasteiger charge is 2.22. The molecule has 0 aromatic heterocycles. The van der Waals surface area contributed by atoms with E-state index in [1.807, 2.05) is 11.8 Å². The Morgan fingerprint density at radius 1 is 1.36 bits per heavy atom. The average molecular weight is 215 g/mol. The molecule has 0 radical (unpaired) electrons. The van der Waals surface area contributed by atoms with E-state index in [1.54, 1.807) is 0 Å². The summed E-state index contributed by atoms with van der Waals surface area (Å²) >= 11 is 2.04. The van der Waals surface area contributed by atoms with Gasteiger partial charge in [-0.15, -0.1) is 0 Å². The molecule has 0 spiro atoms. The Morgan fingerprint density at radius 2 is 2.14 bits per heavy atom. The zero-order chi connectivity index (χ0) is 10.4. The van der Waals surface area contributed by atoms with Crippen molar-refractivity contribution in [3.8, 4) is 0 Å². The van der Waals surface area contributed by atoms with Crippen molar-refractivity contribution in [1.29, 1.82) is 0 Å². The molecule has 1 aliphatic carbocycles. The maximum atomic E-state index is 3.69. The summed E-state index contributed by atoms with van der Waals surface area (Å²) in [5.74, 6) is 0.860. The summed E-state index contributed by atoms with van der Waals surface area (Å²) in [5.41, 5.74) is 0. The molecule has 0 bridgehead atoms. The zero-order valence-electron chi connectivity index (χ0n) is 9.88. The molecule has 0 heterocycles. The molecule has 1 N–H and O–H groups in total. The predicted molar refractivity (Wildman–Crippen MR) is 67.0 cm³/mol. The van der Waals surface area contributed by atoms with E-state index in [0.29, 0.717) is 0 Å². The molecule has 1 nitrogen and oxygen atoms in total. The summed E-state index contributed by atoms with van der Waals surface area (Å²) in [7, 11) is 0. The van der Waals surface area contributed by atoms with Gasteiger partial charge in [-0.05, 0) is 50.8 Å². The third-order valence-electron chi connectivity index (χ3n) is 3.11. The first kappa shape index (κ1) is 12.4. The molecule has 2 unspecified atom stereocenters. The Morgan fingerprint density at radius 3 is 2.71 bits per heavy atom. The summed E-state index contributed by atoms with van der Waals surface area (Å²) < 4.78 is 0. The highest BCUT2D eigenvalue weighted by Crippen LogP contribution is 2.28. The molecule has 1 fully saturated rings. The first-order valence-corrected chi connectivity index (χ1v) is 7.27. The summed E-state index contributed by atoms with van der Waals surface area (Å²) in [4.78, 5) is 0. The average Bonchev–Trinajstić information content (AvgIpc) is 2.60. The summed E-state index contributed by atoms with van der Waals surface area (Å²) in [6.07, 6.45) is 9.16. The van der Waals surface area contributed by atoms with Crippen LogP contribution in [0.25, 0.3) is 0 Å². The topological polar surface area (TPSA) is 12.0 Å². The van der Waals surface area contributed by atoms with Crippen molar-refractivity contribution in [2.24, 2.45) is 5.92 Å². The Hall–Kier alpha value is 0.310. The van der Waals surface area contributed by atoms with Gasteiger partial charge in [0.25, 0.3) is 0 Å². The van der Waals surface area contributed by atoms with Gasteiger partial charge in [-0.3, -0.25) is 0 Å². The van der Waals surface area contributed by atoms with Crippen molar-refractivity contribution >= 4 is 11.8 Å². The van der Waals surface area contributed by atoms with Crippen LogP contribution in [0, 0.1) is 5.92 Å². The fourth-order valence-corrected chi connectivity index (χ4v) is 2.95. The second kappa shape index (κ2) is 6.73. The molecule has 14 heavy (non-hydrogen) atoms. The van der Waals surface area contributed by atoms with Gasteiger partial charge in [0, 0.05) is 11.3 Å². The van der Waals surface area contributed by atoms with Crippen LogP contribution >= 0.6 is 11.8 Å². The summed E-state index contributed by atoms with van der Waals surface area (Å²) in [6.45, 7) is 5.84. The van der Waals surface area contributed by atoms with Crippen LogP contribution in [0.15, 0.2) is 0 Å². The van der Waals surface area contributed by atoms with E-state index in [4.69, 9.17) is 0 Å². The zero-order valence-corrected chi connectivity index (χ0v) is 10.7. The normalized spacial score (nSPS) is 27.4. The minimum Gasteiger partial charge on any atom is -0.314 e. The van der Waals surface area contributed by atoms with Crippen LogP contribution in [-0.2, 0) is 0 Å². The lowest BCUT2D eigenvalue weighted by Gasteiger charge is -2.13. The first-order valence-electron chi connectivity index (χ1n) is 5.98. The standard InChI is InChI=1S/C12H25NS/c1-10(2)5-4-8-13-11-6-7-12(9-11)14-3/h10-13H,4-9H2,1-3H3. The van der Waals surface area contributed by atoms with Gasteiger partial charge < -0.3 is 5.32 Å². The van der Waals surface area contributed by atoms with Crippen molar-refractivity contribution in [2.75, 3.05) is 12.8 Å². The number of nitrogens with one attached hydrogen (secondary N) is 1. The fourth-order valence-electron chi connectivity index (χ4n) is 2.16. The third kappa shape index (κ3) is 4.70. The van der Waals surface area contributed by atoms with E-state index >= 15 is 0 Å². The van der Waals surface area contributed by atoms with Gasteiger partial charge in [0.1, 0.15) is 0 Å². The maximum absolute atomic E-state index is 3.69. The molecule has 0 amide bonds. The lowest BCUT2D eigenvalue weighted by atomic mass is 10.1. The van der Waals surface area contributed by atoms with Crippen molar-refractivity contribution in [2.45, 2.75) is 57.2 Å². The lowest BCUT2D eigenvalue weighted by molar-refractivity contribution is 0.477. The highest BCUT2D eigenvalue weighted by atomic mass is 32.2. The van der Waals surface area contributed by atoms with Crippen molar-refractivity contribution in [3.63, 3.8) is 0 Å². The molecule has 0 aliphatic heterocycles. The molecule has 1 aliphatic rings. The van der Waals surface area contributed by atoms with Crippen LogP contribution < -0.4 is 5.32 Å². The van der Waals surface area contributed by atoms with Gasteiger partial charge in [0.2, 0.25) is 0 Å². The highest BCUT2D eigenvalue weighted by molar-refractivity contribution is 7.99. The quantitative estimate of drug-likeness (QED) is 0.682. The minimum absolute atomic E-state index is 0.819. The smallest absolute Gasteiger partial charge is 0.00779 e. The molecule has 0 aromatic rings. The molecule has 0 saturated heterocycles. The first-order chi connectivity index (χ1) is 6.72. The molecule has 1 rings (SSSR count). The van der Waals surface area contributed by atoms with Gasteiger partial charge in [0.15, 0.2) is 0 Å². The molecule has 2 atom stereocenters. The SMILES string of the molecule is CSC1CCC(NCCCC(C)C)C1. The number of thioether (sulfide) groups is 1. The van der Waals surface area contributed by atoms with E-state index in [2.05, 4.69) is 25.4 Å². The number of hydrogen-bond donors (Lipinski definition) is 1. The van der Waals surface area contributed by atoms with Crippen LogP contribution in [0.4, 0.5) is 0 Å². The van der Waals surface area contributed by atoms with E-state index in [-0.39, 0.29) is 0 Å². The second-order valence-electron chi connectivity index (χ2n) is 4.86. The third-order valence-corrected chi connectivity index (χ3v) is 4.20. The van der Waals surface area contributed by atoms with Gasteiger partial charge in [-0.25, -0.2) is 0 Å².